The Bertz CT molecular complexity index is 475. The van der Waals surface area contributed by atoms with Crippen molar-refractivity contribution in [1.82, 2.24) is 0 Å². The molecule has 4 N–H and O–H groups in total. The minimum Gasteiger partial charge on any atom is -0.481 e. The Labute approximate surface area is 119 Å². The van der Waals surface area contributed by atoms with Crippen LogP contribution in [-0.2, 0) is 19.1 Å². The molecule has 0 unspecified atom stereocenters. The van der Waals surface area contributed by atoms with E-state index in [1.807, 2.05) is 0 Å². The number of alkyl halides is 1. The Morgan fingerprint density at radius 3 is 1.57 bits per heavy atom. The van der Waals surface area contributed by atoms with Crippen LogP contribution < -0.4 is 0 Å². The van der Waals surface area contributed by atoms with Crippen molar-refractivity contribution in [3.63, 3.8) is 0 Å². The lowest BCUT2D eigenvalue weighted by atomic mass is 9.41. The normalized spacial score (nSPS) is 46.5. The second kappa shape index (κ2) is 4.16. The average molecular weight is 304 g/mol. The predicted molar refractivity (Wildman–Crippen MR) is 65.2 cm³/mol. The molecule has 0 radical (unpaired) electrons. The van der Waals surface area contributed by atoms with Crippen LogP contribution in [-0.4, -0.2) is 45.4 Å². The van der Waals surface area contributed by atoms with Gasteiger partial charge < -0.3 is 20.4 Å². The molecule has 0 spiro atoms. The van der Waals surface area contributed by atoms with E-state index in [2.05, 4.69) is 0 Å². The summed E-state index contributed by atoms with van der Waals surface area (Å²) in [7, 11) is 0. The molecule has 0 amide bonds. The molecular formula is C13H17FO7. The van der Waals surface area contributed by atoms with Gasteiger partial charge in [-0.25, -0.2) is 4.39 Å². The maximum Gasteiger partial charge on any atom is 0.310 e. The Morgan fingerprint density at radius 2 is 1.33 bits per heavy atom. The fourth-order valence-corrected chi connectivity index (χ4v) is 4.04. The summed E-state index contributed by atoms with van der Waals surface area (Å²) in [6.07, 6.45) is 2.30. The van der Waals surface area contributed by atoms with Gasteiger partial charge in [0.1, 0.15) is 11.3 Å². The molecule has 6 saturated carbocycles. The molecule has 6 fully saturated rings. The van der Waals surface area contributed by atoms with Crippen LogP contribution in [0.5, 0.6) is 0 Å². The van der Waals surface area contributed by atoms with Gasteiger partial charge in [0.25, 0.3) is 6.47 Å². The van der Waals surface area contributed by atoms with Crippen LogP contribution in [0.1, 0.15) is 38.5 Å². The van der Waals surface area contributed by atoms with Crippen molar-refractivity contribution in [2.45, 2.75) is 49.8 Å². The van der Waals surface area contributed by atoms with Crippen molar-refractivity contribution in [3.8, 4) is 0 Å². The quantitative estimate of drug-likeness (QED) is 0.718. The molecule has 118 valence electrons. The van der Waals surface area contributed by atoms with Gasteiger partial charge in [-0.15, -0.1) is 0 Å². The van der Waals surface area contributed by atoms with Crippen molar-refractivity contribution < 1.29 is 39.2 Å². The van der Waals surface area contributed by atoms with E-state index >= 15 is 0 Å². The molecule has 7 nitrogen and oxygen atoms in total. The van der Waals surface area contributed by atoms with Crippen molar-refractivity contribution >= 4 is 18.4 Å². The van der Waals surface area contributed by atoms with E-state index < -0.39 is 28.4 Å². The summed E-state index contributed by atoms with van der Waals surface area (Å²) < 4.78 is 17.4. The molecule has 8 heteroatoms. The zero-order valence-corrected chi connectivity index (χ0v) is 11.2. The second-order valence-corrected chi connectivity index (χ2v) is 6.78. The monoisotopic (exact) mass is 304 g/mol. The van der Waals surface area contributed by atoms with E-state index in [1.54, 1.807) is 0 Å². The summed E-state index contributed by atoms with van der Waals surface area (Å²) in [5.74, 6) is -1.57. The van der Waals surface area contributed by atoms with Crippen LogP contribution in [0.15, 0.2) is 0 Å². The number of carbonyl (C=O) groups is 3. The first-order valence-corrected chi connectivity index (χ1v) is 6.46. The Kier molecular flexibility index (Phi) is 3.10. The molecule has 6 aliphatic rings. The van der Waals surface area contributed by atoms with Gasteiger partial charge in [-0.05, 0) is 19.3 Å². The van der Waals surface area contributed by atoms with Gasteiger partial charge in [-0.3, -0.25) is 14.4 Å². The van der Waals surface area contributed by atoms with Gasteiger partial charge in [0.2, 0.25) is 0 Å². The van der Waals surface area contributed by atoms with E-state index in [-0.39, 0.29) is 30.3 Å². The third-order valence-corrected chi connectivity index (χ3v) is 5.15. The Hall–Kier alpha value is -1.70. The number of rotatable bonds is 4. The highest BCUT2D eigenvalue weighted by Crippen LogP contribution is 2.69. The maximum atomic E-state index is 12.6. The van der Waals surface area contributed by atoms with Crippen molar-refractivity contribution in [2.75, 3.05) is 0 Å². The largest absolute Gasteiger partial charge is 0.481 e. The predicted octanol–water partition coefficient (Wildman–Crippen LogP) is 0.305. The number of aliphatic carboxylic acids is 2. The molecule has 0 aliphatic heterocycles. The molecule has 0 heterocycles. The zero-order valence-electron chi connectivity index (χ0n) is 11.2. The highest BCUT2D eigenvalue weighted by Gasteiger charge is 2.74. The lowest BCUT2D eigenvalue weighted by Gasteiger charge is -2.65. The molecule has 0 aromatic heterocycles. The summed E-state index contributed by atoms with van der Waals surface area (Å²) >= 11 is 0. The van der Waals surface area contributed by atoms with Gasteiger partial charge in [0.05, 0.1) is 10.8 Å². The number of carboxylic acid groups (broad SMARTS) is 2. The number of hydrogen-bond acceptors (Lipinski definition) is 4. The van der Waals surface area contributed by atoms with Crippen LogP contribution in [0.3, 0.4) is 0 Å². The summed E-state index contributed by atoms with van der Waals surface area (Å²) in [5.41, 5.74) is -2.63. The van der Waals surface area contributed by atoms with Crippen LogP contribution in [0.2, 0.25) is 0 Å². The molecular weight excluding hydrogens is 287 g/mol. The number of carboxylic acids is 2. The van der Waals surface area contributed by atoms with E-state index in [4.69, 9.17) is 14.9 Å². The van der Waals surface area contributed by atoms with Gasteiger partial charge in [0, 0.05) is 19.3 Å². The van der Waals surface area contributed by atoms with E-state index in [9.17, 15) is 18.8 Å². The number of carbonyl (C=O) groups excluding carboxylic acids is 1. The van der Waals surface area contributed by atoms with Crippen LogP contribution in [0.4, 0.5) is 4.39 Å². The number of hydrogen-bond donors (Lipinski definition) is 2. The number of halogens is 1. The van der Waals surface area contributed by atoms with Crippen LogP contribution in [0.25, 0.3) is 0 Å². The van der Waals surface area contributed by atoms with E-state index in [0.29, 0.717) is 25.7 Å². The SMILES string of the molecule is O.O=C(O)C12CC(F)(C1)C2.O=COC12CC(C(=O)O)(C1)C2. The van der Waals surface area contributed by atoms with Crippen LogP contribution >= 0.6 is 0 Å². The minimum absolute atomic E-state index is 0. The van der Waals surface area contributed by atoms with Crippen LogP contribution in [0, 0.1) is 10.8 Å². The van der Waals surface area contributed by atoms with Gasteiger partial charge in [0.15, 0.2) is 0 Å². The molecule has 0 aromatic carbocycles. The molecule has 0 atom stereocenters. The molecule has 0 saturated heterocycles. The fraction of sp³-hybridized carbons (Fsp3) is 0.769. The molecule has 0 aromatic rings. The number of ether oxygens (including phenoxy) is 1. The smallest absolute Gasteiger partial charge is 0.310 e. The lowest BCUT2D eigenvalue weighted by molar-refractivity contribution is -0.265. The van der Waals surface area contributed by atoms with Crippen molar-refractivity contribution in [3.05, 3.63) is 0 Å². The fourth-order valence-electron chi connectivity index (χ4n) is 4.04. The Morgan fingerprint density at radius 1 is 0.952 bits per heavy atom. The first kappa shape index (κ1) is 15.7. The molecule has 6 rings (SSSR count). The lowest BCUT2D eigenvalue weighted by Crippen LogP contribution is -2.71. The highest BCUT2D eigenvalue weighted by molar-refractivity contribution is 5.80. The summed E-state index contributed by atoms with van der Waals surface area (Å²) in [5, 5.41) is 17.1. The van der Waals surface area contributed by atoms with E-state index in [1.165, 1.54) is 0 Å². The zero-order chi connectivity index (χ0) is 14.8. The van der Waals surface area contributed by atoms with Gasteiger partial charge >= 0.3 is 11.9 Å². The topological polar surface area (TPSA) is 132 Å². The first-order chi connectivity index (χ1) is 9.19. The average Bonchev–Trinajstić information content (AvgIpc) is 2.15. The van der Waals surface area contributed by atoms with Gasteiger partial charge in [-0.1, -0.05) is 0 Å². The Balaban J connectivity index is 0.000000149. The third-order valence-electron chi connectivity index (χ3n) is 5.15. The van der Waals surface area contributed by atoms with Gasteiger partial charge in [-0.2, -0.15) is 0 Å². The molecule has 21 heavy (non-hydrogen) atoms. The first-order valence-electron chi connectivity index (χ1n) is 6.46. The second-order valence-electron chi connectivity index (χ2n) is 6.78. The highest BCUT2D eigenvalue weighted by atomic mass is 19.1. The van der Waals surface area contributed by atoms with E-state index in [0.717, 1.165) is 0 Å². The van der Waals surface area contributed by atoms with Crippen molar-refractivity contribution in [2.24, 2.45) is 10.8 Å². The standard InChI is InChI=1S/C7H8O4.C6H7FO2.H2O/c8-4-11-7-1-6(2-7,3-7)5(9)10;7-6-1-5(2-6,3-6)4(8)9;/h4H,1-3H2,(H,9,10);1-3H2,(H,8,9);1H2. The minimum atomic E-state index is -1.07. The summed E-state index contributed by atoms with van der Waals surface area (Å²) in [6.45, 7) is 0.408. The summed E-state index contributed by atoms with van der Waals surface area (Å²) in [4.78, 5) is 30.8. The van der Waals surface area contributed by atoms with Crippen molar-refractivity contribution in [1.29, 1.82) is 0 Å². The third kappa shape index (κ3) is 1.92. The molecule has 6 aliphatic carbocycles. The maximum absolute atomic E-state index is 12.6. The molecule has 4 bridgehead atoms. The summed E-state index contributed by atoms with van der Waals surface area (Å²) in [6, 6.07) is 0.